The third-order valence-electron chi connectivity index (χ3n) is 4.33. The summed E-state index contributed by atoms with van der Waals surface area (Å²) in [7, 11) is 1.98. The number of hydrogen-bond donors (Lipinski definition) is 1. The van der Waals surface area contributed by atoms with Crippen molar-refractivity contribution in [3.05, 3.63) is 18.2 Å². The smallest absolute Gasteiger partial charge is 0.223 e. The topological polar surface area (TPSA) is 46.9 Å². The minimum absolute atomic E-state index is 0.176. The lowest BCUT2D eigenvalue weighted by Gasteiger charge is -2.38. The highest BCUT2D eigenvalue weighted by atomic mass is 16.1. The molecule has 1 aromatic rings. The molecule has 1 aliphatic rings. The first kappa shape index (κ1) is 15.1. The number of carbonyl (C=O) groups is 1. The molecule has 4 nitrogen and oxygen atoms in total. The second-order valence-electron chi connectivity index (χ2n) is 7.11. The van der Waals surface area contributed by atoms with Crippen molar-refractivity contribution in [2.24, 2.45) is 24.3 Å². The molecular weight excluding hydrogens is 250 g/mol. The van der Waals surface area contributed by atoms with E-state index in [4.69, 9.17) is 0 Å². The zero-order valence-corrected chi connectivity index (χ0v) is 13.1. The molecule has 0 bridgehead atoms. The average Bonchev–Trinajstić information content (AvgIpc) is 2.72. The van der Waals surface area contributed by atoms with Crippen molar-refractivity contribution in [3.63, 3.8) is 0 Å². The van der Waals surface area contributed by atoms with Crippen molar-refractivity contribution in [2.45, 2.75) is 46.5 Å². The monoisotopic (exact) mass is 277 g/mol. The van der Waals surface area contributed by atoms with E-state index >= 15 is 0 Å². The highest BCUT2D eigenvalue weighted by Crippen LogP contribution is 2.41. The average molecular weight is 277 g/mol. The normalized spacial score (nSPS) is 25.4. The number of hydrogen-bond acceptors (Lipinski definition) is 2. The molecule has 1 heterocycles. The molecule has 112 valence electrons. The summed E-state index contributed by atoms with van der Waals surface area (Å²) in [5, 5.41) is 3.08. The Kier molecular flexibility index (Phi) is 4.51. The molecule has 4 heteroatoms. The molecule has 0 saturated heterocycles. The second-order valence-corrected chi connectivity index (χ2v) is 7.11. The second kappa shape index (κ2) is 5.98. The summed E-state index contributed by atoms with van der Waals surface area (Å²) in [4.78, 5) is 16.6. The summed E-state index contributed by atoms with van der Waals surface area (Å²) in [6.45, 7) is 7.48. The van der Waals surface area contributed by atoms with Crippen molar-refractivity contribution >= 4 is 5.91 Å². The molecule has 2 rings (SSSR count). The molecule has 1 aliphatic carbocycles. The minimum Gasteiger partial charge on any atom is -0.355 e. The van der Waals surface area contributed by atoms with Crippen LogP contribution in [0.25, 0.3) is 0 Å². The lowest BCUT2D eigenvalue weighted by molar-refractivity contribution is -0.127. The Labute approximate surface area is 122 Å². The van der Waals surface area contributed by atoms with Crippen LogP contribution in [0.5, 0.6) is 0 Å². The van der Waals surface area contributed by atoms with E-state index in [1.54, 1.807) is 6.20 Å². The standard InChI is InChI=1S/C16H27N3O/c1-12-9-13(11-16(2,3)10-12)15(20)18-6-5-14-17-7-8-19(14)4/h7-8,12-13H,5-6,9-11H2,1-4H3,(H,18,20). The number of carbonyl (C=O) groups excluding carboxylic acids is 1. The van der Waals surface area contributed by atoms with Gasteiger partial charge in [0.15, 0.2) is 0 Å². The Morgan fingerprint density at radius 1 is 1.50 bits per heavy atom. The van der Waals surface area contributed by atoms with E-state index in [0.29, 0.717) is 17.9 Å². The first-order valence-corrected chi connectivity index (χ1v) is 7.61. The van der Waals surface area contributed by atoms with Crippen LogP contribution in [0.2, 0.25) is 0 Å². The van der Waals surface area contributed by atoms with E-state index in [0.717, 1.165) is 25.1 Å². The number of nitrogens with one attached hydrogen (secondary N) is 1. The molecule has 20 heavy (non-hydrogen) atoms. The number of rotatable bonds is 4. The van der Waals surface area contributed by atoms with Gasteiger partial charge in [0.1, 0.15) is 5.82 Å². The van der Waals surface area contributed by atoms with Crippen molar-refractivity contribution in [1.29, 1.82) is 0 Å². The van der Waals surface area contributed by atoms with Crippen LogP contribution in [-0.2, 0) is 18.3 Å². The summed E-state index contributed by atoms with van der Waals surface area (Å²) < 4.78 is 2.00. The van der Waals surface area contributed by atoms with Gasteiger partial charge in [0.2, 0.25) is 5.91 Å². The maximum atomic E-state index is 12.3. The summed E-state index contributed by atoms with van der Waals surface area (Å²) in [6, 6.07) is 0. The van der Waals surface area contributed by atoms with Crippen LogP contribution in [0.1, 0.15) is 45.9 Å². The molecule has 1 aromatic heterocycles. The third-order valence-corrected chi connectivity index (χ3v) is 4.33. The van der Waals surface area contributed by atoms with Crippen LogP contribution in [0, 0.1) is 17.3 Å². The maximum Gasteiger partial charge on any atom is 0.223 e. The Morgan fingerprint density at radius 2 is 2.25 bits per heavy atom. The zero-order valence-electron chi connectivity index (χ0n) is 13.1. The first-order chi connectivity index (χ1) is 9.37. The lowest BCUT2D eigenvalue weighted by atomic mass is 9.68. The summed E-state index contributed by atoms with van der Waals surface area (Å²) in [5.41, 5.74) is 0.291. The quantitative estimate of drug-likeness (QED) is 0.919. The molecule has 1 saturated carbocycles. The van der Waals surface area contributed by atoms with Gasteiger partial charge in [0.25, 0.3) is 0 Å². The fourth-order valence-electron chi connectivity index (χ4n) is 3.63. The summed E-state index contributed by atoms with van der Waals surface area (Å²) in [6.07, 6.45) is 7.78. The Bertz CT molecular complexity index is 464. The molecule has 0 radical (unpaired) electrons. The molecule has 2 unspecified atom stereocenters. The molecule has 1 amide bonds. The van der Waals surface area contributed by atoms with Gasteiger partial charge in [-0.05, 0) is 30.6 Å². The van der Waals surface area contributed by atoms with E-state index in [1.165, 1.54) is 6.42 Å². The molecule has 0 spiro atoms. The van der Waals surface area contributed by atoms with Crippen LogP contribution in [0.4, 0.5) is 0 Å². The molecule has 2 atom stereocenters. The van der Waals surface area contributed by atoms with Crippen molar-refractivity contribution in [2.75, 3.05) is 6.54 Å². The molecule has 1 N–H and O–H groups in total. The van der Waals surface area contributed by atoms with Crippen LogP contribution in [0.3, 0.4) is 0 Å². The third kappa shape index (κ3) is 3.84. The highest BCUT2D eigenvalue weighted by molar-refractivity contribution is 5.78. The number of imidazole rings is 1. The molecule has 0 aliphatic heterocycles. The van der Waals surface area contributed by atoms with Crippen LogP contribution >= 0.6 is 0 Å². The van der Waals surface area contributed by atoms with Crippen molar-refractivity contribution < 1.29 is 4.79 Å². The van der Waals surface area contributed by atoms with Gasteiger partial charge in [-0.2, -0.15) is 0 Å². The van der Waals surface area contributed by atoms with Gasteiger partial charge < -0.3 is 9.88 Å². The van der Waals surface area contributed by atoms with E-state index in [1.807, 2.05) is 17.8 Å². The van der Waals surface area contributed by atoms with E-state index in [2.05, 4.69) is 31.1 Å². The maximum absolute atomic E-state index is 12.3. The largest absolute Gasteiger partial charge is 0.355 e. The van der Waals surface area contributed by atoms with E-state index in [9.17, 15) is 4.79 Å². The van der Waals surface area contributed by atoms with Gasteiger partial charge in [-0.1, -0.05) is 20.8 Å². The number of nitrogens with zero attached hydrogens (tertiary/aromatic N) is 2. The van der Waals surface area contributed by atoms with Gasteiger partial charge >= 0.3 is 0 Å². The van der Waals surface area contributed by atoms with Gasteiger partial charge in [-0.3, -0.25) is 4.79 Å². The van der Waals surface area contributed by atoms with Gasteiger partial charge in [-0.25, -0.2) is 4.98 Å². The SMILES string of the molecule is CC1CC(C(=O)NCCc2nccn2C)CC(C)(C)C1. The van der Waals surface area contributed by atoms with E-state index in [-0.39, 0.29) is 11.8 Å². The molecule has 0 aromatic carbocycles. The van der Waals surface area contributed by atoms with Gasteiger partial charge in [0.05, 0.1) is 0 Å². The Morgan fingerprint density at radius 3 is 2.85 bits per heavy atom. The van der Waals surface area contributed by atoms with Crippen LogP contribution in [-0.4, -0.2) is 22.0 Å². The van der Waals surface area contributed by atoms with E-state index < -0.39 is 0 Å². The molecular formula is C16H27N3O. The Hall–Kier alpha value is -1.32. The number of aryl methyl sites for hydroxylation is 1. The summed E-state index contributed by atoms with van der Waals surface area (Å²) >= 11 is 0. The predicted molar refractivity (Wildman–Crippen MR) is 80.2 cm³/mol. The van der Waals surface area contributed by atoms with Crippen molar-refractivity contribution in [1.82, 2.24) is 14.9 Å². The predicted octanol–water partition coefficient (Wildman–Crippen LogP) is 2.54. The number of aromatic nitrogens is 2. The Balaban J connectivity index is 1.81. The fourth-order valence-corrected chi connectivity index (χ4v) is 3.63. The molecule has 1 fully saturated rings. The minimum atomic E-state index is 0.176. The van der Waals surface area contributed by atoms with Crippen molar-refractivity contribution in [3.8, 4) is 0 Å². The zero-order chi connectivity index (χ0) is 14.8. The van der Waals surface area contributed by atoms with Crippen LogP contribution < -0.4 is 5.32 Å². The van der Waals surface area contributed by atoms with Gasteiger partial charge in [0, 0.05) is 38.3 Å². The fraction of sp³-hybridized carbons (Fsp3) is 0.750. The number of amides is 1. The lowest BCUT2D eigenvalue weighted by Crippen LogP contribution is -2.39. The van der Waals surface area contributed by atoms with Crippen LogP contribution in [0.15, 0.2) is 12.4 Å². The van der Waals surface area contributed by atoms with Gasteiger partial charge in [-0.15, -0.1) is 0 Å². The summed E-state index contributed by atoms with van der Waals surface area (Å²) in [5.74, 6) is 2.06. The highest BCUT2D eigenvalue weighted by Gasteiger charge is 2.35. The first-order valence-electron chi connectivity index (χ1n) is 7.61.